The van der Waals surface area contributed by atoms with Gasteiger partial charge in [-0.2, -0.15) is 0 Å². The SMILES string of the molecule is CC(C)CCc1nc(CSc2nncs2)cs1. The predicted molar refractivity (Wildman–Crippen MR) is 74.7 cm³/mol. The van der Waals surface area contributed by atoms with E-state index in [9.17, 15) is 0 Å². The molecule has 3 nitrogen and oxygen atoms in total. The fourth-order valence-electron chi connectivity index (χ4n) is 1.30. The van der Waals surface area contributed by atoms with Crippen molar-refractivity contribution in [3.05, 3.63) is 21.6 Å². The van der Waals surface area contributed by atoms with Gasteiger partial charge in [-0.25, -0.2) is 4.98 Å². The average molecular weight is 285 g/mol. The third-order valence-electron chi connectivity index (χ3n) is 2.22. The molecule has 0 N–H and O–H groups in total. The highest BCUT2D eigenvalue weighted by molar-refractivity contribution is 8.00. The van der Waals surface area contributed by atoms with E-state index in [2.05, 4.69) is 34.4 Å². The summed E-state index contributed by atoms with van der Waals surface area (Å²) in [6.07, 6.45) is 2.32. The highest BCUT2D eigenvalue weighted by Gasteiger charge is 2.05. The highest BCUT2D eigenvalue weighted by atomic mass is 32.2. The number of nitrogens with zero attached hydrogens (tertiary/aromatic N) is 3. The molecule has 0 spiro atoms. The Morgan fingerprint density at radius 2 is 2.24 bits per heavy atom. The molecule has 0 atom stereocenters. The summed E-state index contributed by atoms with van der Waals surface area (Å²) in [5.74, 6) is 1.64. The molecule has 0 bridgehead atoms. The van der Waals surface area contributed by atoms with E-state index >= 15 is 0 Å². The Bertz CT molecular complexity index is 437. The summed E-state index contributed by atoms with van der Waals surface area (Å²) in [6.45, 7) is 4.50. The molecule has 2 rings (SSSR count). The zero-order valence-electron chi connectivity index (χ0n) is 9.92. The van der Waals surface area contributed by atoms with Crippen LogP contribution in [-0.2, 0) is 12.2 Å². The lowest BCUT2D eigenvalue weighted by atomic mass is 10.1. The summed E-state index contributed by atoms with van der Waals surface area (Å²) in [5.41, 5.74) is 2.92. The lowest BCUT2D eigenvalue weighted by molar-refractivity contribution is 0.585. The van der Waals surface area contributed by atoms with Gasteiger partial charge in [0.2, 0.25) is 0 Å². The standard InChI is InChI=1S/C11H15N3S3/c1-8(2)3-4-10-13-9(5-15-10)6-16-11-14-12-7-17-11/h5,7-8H,3-4,6H2,1-2H3. The predicted octanol–water partition coefficient (Wildman–Crippen LogP) is 3.88. The van der Waals surface area contributed by atoms with Crippen LogP contribution in [0, 0.1) is 5.92 Å². The van der Waals surface area contributed by atoms with Crippen LogP contribution in [0.1, 0.15) is 31.0 Å². The van der Waals surface area contributed by atoms with E-state index in [-0.39, 0.29) is 0 Å². The monoisotopic (exact) mass is 285 g/mol. The van der Waals surface area contributed by atoms with Crippen molar-refractivity contribution >= 4 is 34.4 Å². The quantitative estimate of drug-likeness (QED) is 0.755. The van der Waals surface area contributed by atoms with E-state index in [0.717, 1.165) is 28.1 Å². The van der Waals surface area contributed by atoms with E-state index in [0.29, 0.717) is 0 Å². The normalized spacial score (nSPS) is 11.2. The van der Waals surface area contributed by atoms with Gasteiger partial charge < -0.3 is 0 Å². The van der Waals surface area contributed by atoms with Crippen molar-refractivity contribution in [2.24, 2.45) is 5.92 Å². The van der Waals surface area contributed by atoms with Gasteiger partial charge in [0, 0.05) is 11.1 Å². The molecule has 0 aliphatic carbocycles. The van der Waals surface area contributed by atoms with Crippen LogP contribution < -0.4 is 0 Å². The van der Waals surface area contributed by atoms with Crippen LogP contribution in [0.5, 0.6) is 0 Å². The summed E-state index contributed by atoms with van der Waals surface area (Å²) in [6, 6.07) is 0. The van der Waals surface area contributed by atoms with E-state index in [1.807, 2.05) is 0 Å². The molecule has 0 radical (unpaired) electrons. The Morgan fingerprint density at radius 1 is 1.35 bits per heavy atom. The number of thioether (sulfide) groups is 1. The summed E-state index contributed by atoms with van der Waals surface area (Å²) in [4.78, 5) is 4.64. The second-order valence-corrected chi connectivity index (χ2v) is 7.16. The average Bonchev–Trinajstić information content (AvgIpc) is 2.95. The molecule has 0 aromatic carbocycles. The van der Waals surface area contributed by atoms with Gasteiger partial charge in [-0.3, -0.25) is 0 Å². The molecule has 0 aliphatic heterocycles. The van der Waals surface area contributed by atoms with Gasteiger partial charge >= 0.3 is 0 Å². The second kappa shape index (κ2) is 6.47. The van der Waals surface area contributed by atoms with Crippen LogP contribution in [-0.4, -0.2) is 15.2 Å². The van der Waals surface area contributed by atoms with Gasteiger partial charge in [-0.1, -0.05) is 36.9 Å². The maximum atomic E-state index is 4.64. The zero-order valence-corrected chi connectivity index (χ0v) is 12.4. The Hall–Kier alpha value is -0.460. The third kappa shape index (κ3) is 4.37. The lowest BCUT2D eigenvalue weighted by Crippen LogP contribution is -1.92. The summed E-state index contributed by atoms with van der Waals surface area (Å²) >= 11 is 5.06. The van der Waals surface area contributed by atoms with Crippen LogP contribution in [0.25, 0.3) is 0 Å². The van der Waals surface area contributed by atoms with Crippen molar-refractivity contribution in [1.29, 1.82) is 0 Å². The highest BCUT2D eigenvalue weighted by Crippen LogP contribution is 2.24. The van der Waals surface area contributed by atoms with Gasteiger partial charge in [0.15, 0.2) is 4.34 Å². The zero-order chi connectivity index (χ0) is 12.1. The summed E-state index contributed by atoms with van der Waals surface area (Å²) < 4.78 is 1.02. The minimum atomic E-state index is 0.748. The summed E-state index contributed by atoms with van der Waals surface area (Å²) in [7, 11) is 0. The Morgan fingerprint density at radius 3 is 2.94 bits per heavy atom. The maximum absolute atomic E-state index is 4.64. The first kappa shape index (κ1) is 13.0. The summed E-state index contributed by atoms with van der Waals surface area (Å²) in [5, 5.41) is 11.2. The smallest absolute Gasteiger partial charge is 0.174 e. The van der Waals surface area contributed by atoms with Crippen LogP contribution in [0.4, 0.5) is 0 Å². The van der Waals surface area contributed by atoms with Crippen LogP contribution in [0.2, 0.25) is 0 Å². The van der Waals surface area contributed by atoms with Gasteiger partial charge in [0.05, 0.1) is 10.7 Å². The molecule has 6 heteroatoms. The molecule has 17 heavy (non-hydrogen) atoms. The van der Waals surface area contributed by atoms with Gasteiger partial charge in [-0.05, 0) is 18.8 Å². The number of aromatic nitrogens is 3. The van der Waals surface area contributed by atoms with Crippen molar-refractivity contribution in [3.8, 4) is 0 Å². The fourth-order valence-corrected chi connectivity index (χ4v) is 3.60. The van der Waals surface area contributed by atoms with Gasteiger partial charge in [0.25, 0.3) is 0 Å². The molecule has 0 aliphatic rings. The number of hydrogen-bond donors (Lipinski definition) is 0. The molecular weight excluding hydrogens is 270 g/mol. The van der Waals surface area contributed by atoms with E-state index in [1.54, 1.807) is 39.9 Å². The van der Waals surface area contributed by atoms with Crippen LogP contribution >= 0.6 is 34.4 Å². The third-order valence-corrected chi connectivity index (χ3v) is 5.07. The molecule has 0 fully saturated rings. The molecular formula is C11H15N3S3. The second-order valence-electron chi connectivity index (χ2n) is 4.16. The first-order valence-corrected chi connectivity index (χ1v) is 8.31. The van der Waals surface area contributed by atoms with Crippen molar-refractivity contribution in [3.63, 3.8) is 0 Å². The van der Waals surface area contributed by atoms with Crippen molar-refractivity contribution < 1.29 is 0 Å². The molecule has 0 saturated carbocycles. The van der Waals surface area contributed by atoms with Gasteiger partial charge in [-0.15, -0.1) is 21.5 Å². The van der Waals surface area contributed by atoms with Gasteiger partial charge in [0.1, 0.15) is 5.51 Å². The Balaban J connectivity index is 1.81. The number of hydrogen-bond acceptors (Lipinski definition) is 6. The first-order valence-electron chi connectivity index (χ1n) is 5.56. The Labute approximate surface area is 114 Å². The van der Waals surface area contributed by atoms with E-state index in [1.165, 1.54) is 11.4 Å². The van der Waals surface area contributed by atoms with Crippen LogP contribution in [0.15, 0.2) is 15.2 Å². The number of thiazole rings is 1. The van der Waals surface area contributed by atoms with Crippen LogP contribution in [0.3, 0.4) is 0 Å². The maximum Gasteiger partial charge on any atom is 0.174 e. The first-order chi connectivity index (χ1) is 8.24. The number of aryl methyl sites for hydroxylation is 1. The molecule has 0 amide bonds. The fraction of sp³-hybridized carbons (Fsp3) is 0.545. The number of rotatable bonds is 6. The molecule has 0 unspecified atom stereocenters. The minimum Gasteiger partial charge on any atom is -0.245 e. The molecule has 2 heterocycles. The molecule has 2 aromatic rings. The Kier molecular flexibility index (Phi) is 4.94. The minimum absolute atomic E-state index is 0.748. The lowest BCUT2D eigenvalue weighted by Gasteiger charge is -2.00. The van der Waals surface area contributed by atoms with E-state index < -0.39 is 0 Å². The molecule has 0 saturated heterocycles. The molecule has 2 aromatic heterocycles. The van der Waals surface area contributed by atoms with Crippen molar-refractivity contribution in [2.75, 3.05) is 0 Å². The van der Waals surface area contributed by atoms with E-state index in [4.69, 9.17) is 0 Å². The van der Waals surface area contributed by atoms with Crippen molar-refractivity contribution in [2.45, 2.75) is 36.8 Å². The largest absolute Gasteiger partial charge is 0.245 e. The molecule has 92 valence electrons. The van der Waals surface area contributed by atoms with Crippen molar-refractivity contribution in [1.82, 2.24) is 15.2 Å². The topological polar surface area (TPSA) is 38.7 Å².